The zero-order valence-electron chi connectivity index (χ0n) is 18.0. The van der Waals surface area contributed by atoms with E-state index >= 15 is 0 Å². The molecule has 1 heterocycles. The van der Waals surface area contributed by atoms with Crippen LogP contribution in [0.2, 0.25) is 0 Å². The van der Waals surface area contributed by atoms with Gasteiger partial charge in [-0.3, -0.25) is 0 Å². The van der Waals surface area contributed by atoms with Crippen molar-refractivity contribution in [3.8, 4) is 0 Å². The van der Waals surface area contributed by atoms with Crippen LogP contribution >= 0.6 is 24.4 Å². The molecule has 0 aliphatic rings. The first-order valence-electron chi connectivity index (χ1n) is 10.8. The number of anilines is 1. The number of nitrogens with zero attached hydrogens (tertiary/aromatic N) is 1. The third kappa shape index (κ3) is 17.5. The van der Waals surface area contributed by atoms with Gasteiger partial charge >= 0.3 is 0 Å². The average molecular weight is 450 g/mol. The Kier molecular flexibility index (Phi) is 21.3. The molecule has 3 N–H and O–H groups in total. The smallest absolute Gasteiger partial charge is 0.205 e. The molecule has 1 rings (SSSR count). The van der Waals surface area contributed by atoms with Crippen molar-refractivity contribution in [1.29, 1.82) is 0 Å². The summed E-state index contributed by atoms with van der Waals surface area (Å²) in [7, 11) is 0. The van der Waals surface area contributed by atoms with Crippen molar-refractivity contribution in [2.45, 2.75) is 96.8 Å². The Morgan fingerprint density at radius 1 is 0.786 bits per heavy atom. The van der Waals surface area contributed by atoms with Gasteiger partial charge in [-0.15, -0.1) is 0 Å². The molecule has 28 heavy (non-hydrogen) atoms. The number of aromatic amines is 2. The molecule has 0 unspecified atom stereocenters. The van der Waals surface area contributed by atoms with Crippen LogP contribution in [0.25, 0.3) is 0 Å². The number of hydrogen-bond acceptors (Lipinski definition) is 4. The molecule has 4 nitrogen and oxygen atoms in total. The third-order valence-electron chi connectivity index (χ3n) is 4.65. The number of nitrogens with one attached hydrogen (secondary N) is 3. The second-order valence-electron chi connectivity index (χ2n) is 7.21. The van der Waals surface area contributed by atoms with E-state index in [1.54, 1.807) is 0 Å². The number of aromatic nitrogens is 3. The van der Waals surface area contributed by atoms with Crippen LogP contribution in [0, 0.1) is 9.54 Å². The molecule has 0 aromatic carbocycles. The molecule has 0 fully saturated rings. The van der Waals surface area contributed by atoms with Gasteiger partial charge in [0.15, 0.2) is 4.77 Å². The zero-order chi connectivity index (χ0) is 19.6. The summed E-state index contributed by atoms with van der Waals surface area (Å²) in [6.45, 7) is 3.18. The molecule has 0 atom stereocenters. The summed E-state index contributed by atoms with van der Waals surface area (Å²) in [5.74, 6) is 0.663. The zero-order valence-corrected chi connectivity index (χ0v) is 22.8. The first-order valence-corrected chi connectivity index (χ1v) is 11.6. The van der Waals surface area contributed by atoms with Crippen LogP contribution in [-0.4, -0.2) is 72.9 Å². The standard InChI is InChI=1S/C21H38N4S2.K/c1-2-3-4-5-6-7-8-9-10-11-12-13-14-15-16-17-18-22-19-23-20(26)25-21(27)24-19;/h9-10H,2-8,11-18H2,1H3,(H3,22,23,24,25,26,27);. The monoisotopic (exact) mass is 449 g/mol. The number of hydrogen-bond donors (Lipinski definition) is 3. The Balaban J connectivity index is 0.00000729. The molecule has 0 spiro atoms. The third-order valence-corrected chi connectivity index (χ3v) is 5.04. The summed E-state index contributed by atoms with van der Waals surface area (Å²) >= 11 is 10.1. The normalized spacial score (nSPS) is 10.9. The number of unbranched alkanes of at least 4 members (excludes halogenated alkanes) is 12. The summed E-state index contributed by atoms with van der Waals surface area (Å²) in [5, 5.41) is 3.25. The van der Waals surface area contributed by atoms with E-state index in [4.69, 9.17) is 24.4 Å². The van der Waals surface area contributed by atoms with E-state index < -0.39 is 0 Å². The van der Waals surface area contributed by atoms with E-state index in [0.717, 1.165) is 13.0 Å². The van der Waals surface area contributed by atoms with Gasteiger partial charge in [0.05, 0.1) is 0 Å². The largest absolute Gasteiger partial charge is 0.356 e. The molecule has 0 saturated heterocycles. The molecular weight excluding hydrogens is 411 g/mol. The van der Waals surface area contributed by atoms with Crippen LogP contribution in [0.15, 0.2) is 12.2 Å². The number of allylic oxidation sites excluding steroid dienone is 2. The van der Waals surface area contributed by atoms with Gasteiger partial charge in [-0.1, -0.05) is 76.9 Å². The average Bonchev–Trinajstić information content (AvgIpc) is 2.63. The molecule has 7 heteroatoms. The Hall–Kier alpha value is 0.626. The maximum Gasteiger partial charge on any atom is 0.205 e. The topological polar surface area (TPSA) is 56.5 Å². The van der Waals surface area contributed by atoms with Gasteiger partial charge in [0.1, 0.15) is 0 Å². The minimum absolute atomic E-state index is 0. The maximum atomic E-state index is 5.04. The molecule has 0 amide bonds. The predicted octanol–water partition coefficient (Wildman–Crippen LogP) is 7.27. The van der Waals surface area contributed by atoms with E-state index in [9.17, 15) is 0 Å². The minimum atomic E-state index is 0. The fourth-order valence-electron chi connectivity index (χ4n) is 3.06. The van der Waals surface area contributed by atoms with Crippen molar-refractivity contribution in [1.82, 2.24) is 15.0 Å². The van der Waals surface area contributed by atoms with Gasteiger partial charge in [-0.2, -0.15) is 4.98 Å². The Labute approximate surface area is 224 Å². The minimum Gasteiger partial charge on any atom is -0.356 e. The SMILES string of the molecule is CCCCCCCCC=CCCCCCCCCNc1nc(=S)[nH]c(=S)[nH]1.[K]. The summed E-state index contributed by atoms with van der Waals surface area (Å²) < 4.78 is 0.931. The molecule has 1 aromatic heterocycles. The van der Waals surface area contributed by atoms with Crippen LogP contribution in [-0.2, 0) is 0 Å². The maximum absolute atomic E-state index is 5.04. The van der Waals surface area contributed by atoms with E-state index in [2.05, 4.69) is 39.3 Å². The van der Waals surface area contributed by atoms with Crippen molar-refractivity contribution in [2.24, 2.45) is 0 Å². The van der Waals surface area contributed by atoms with Crippen LogP contribution < -0.4 is 5.32 Å². The van der Waals surface area contributed by atoms with Gasteiger partial charge in [-0.05, 0) is 56.5 Å². The molecule has 0 saturated carbocycles. The van der Waals surface area contributed by atoms with Gasteiger partial charge in [0.25, 0.3) is 0 Å². The Morgan fingerprint density at radius 3 is 1.89 bits per heavy atom. The van der Waals surface area contributed by atoms with Crippen LogP contribution in [0.3, 0.4) is 0 Å². The van der Waals surface area contributed by atoms with Crippen LogP contribution in [0.4, 0.5) is 5.95 Å². The van der Waals surface area contributed by atoms with Crippen molar-refractivity contribution < 1.29 is 0 Å². The quantitative estimate of drug-likeness (QED) is 0.101. The van der Waals surface area contributed by atoms with Crippen molar-refractivity contribution in [3.63, 3.8) is 0 Å². The second kappa shape index (κ2) is 20.9. The van der Waals surface area contributed by atoms with Crippen molar-refractivity contribution >= 4 is 81.8 Å². The van der Waals surface area contributed by atoms with Gasteiger partial charge in [0.2, 0.25) is 10.7 Å². The molecule has 1 radical (unpaired) electrons. The van der Waals surface area contributed by atoms with Crippen molar-refractivity contribution in [3.05, 3.63) is 21.7 Å². The second-order valence-corrected chi connectivity index (χ2v) is 8.00. The molecule has 0 aliphatic carbocycles. The number of rotatable bonds is 17. The van der Waals surface area contributed by atoms with E-state index in [0.29, 0.717) is 15.5 Å². The van der Waals surface area contributed by atoms with E-state index in [1.165, 1.54) is 83.5 Å². The van der Waals surface area contributed by atoms with Gasteiger partial charge in [0, 0.05) is 57.9 Å². The Morgan fingerprint density at radius 2 is 1.32 bits per heavy atom. The van der Waals surface area contributed by atoms with E-state index in [-0.39, 0.29) is 51.4 Å². The number of H-pyrrole nitrogens is 2. The van der Waals surface area contributed by atoms with Gasteiger partial charge in [-0.25, -0.2) is 0 Å². The summed E-state index contributed by atoms with van der Waals surface area (Å²) in [6.07, 6.45) is 23.3. The fourth-order valence-corrected chi connectivity index (χ4v) is 3.51. The molecule has 0 aliphatic heterocycles. The van der Waals surface area contributed by atoms with Gasteiger partial charge < -0.3 is 15.3 Å². The van der Waals surface area contributed by atoms with Crippen LogP contribution in [0.5, 0.6) is 0 Å². The summed E-state index contributed by atoms with van der Waals surface area (Å²) in [5.41, 5.74) is 0. The fraction of sp³-hybridized carbons (Fsp3) is 0.762. The first-order chi connectivity index (χ1) is 13.2. The summed E-state index contributed by atoms with van der Waals surface area (Å²) in [4.78, 5) is 9.92. The molecular formula is C21H38KN4S2. The molecule has 0 bridgehead atoms. The van der Waals surface area contributed by atoms with Crippen molar-refractivity contribution in [2.75, 3.05) is 11.9 Å². The predicted molar refractivity (Wildman–Crippen MR) is 128 cm³/mol. The first kappa shape index (κ1) is 28.6. The summed E-state index contributed by atoms with van der Waals surface area (Å²) in [6, 6.07) is 0. The van der Waals surface area contributed by atoms with E-state index in [1.807, 2.05) is 0 Å². The molecule has 155 valence electrons. The Bertz CT molecular complexity index is 585. The van der Waals surface area contributed by atoms with Crippen LogP contribution in [0.1, 0.15) is 96.8 Å². The molecule has 1 aromatic rings.